The van der Waals surface area contributed by atoms with Crippen molar-refractivity contribution in [1.29, 1.82) is 0 Å². The highest BCUT2D eigenvalue weighted by atomic mass is 16.3. The van der Waals surface area contributed by atoms with Crippen molar-refractivity contribution in [3.8, 4) is 44.5 Å². The molecule has 0 amide bonds. The van der Waals surface area contributed by atoms with Crippen molar-refractivity contribution in [3.05, 3.63) is 199 Å². The van der Waals surface area contributed by atoms with Gasteiger partial charge in [-0.25, -0.2) is 0 Å². The number of hydrogen-bond acceptors (Lipinski definition) is 2. The Balaban J connectivity index is 0.874. The third-order valence-electron chi connectivity index (χ3n) is 15.1. The first-order valence-corrected chi connectivity index (χ1v) is 22.0. The van der Waals surface area contributed by atoms with Gasteiger partial charge >= 0.3 is 0 Å². The Bertz CT molecular complexity index is 3050. The number of hydrogen-bond donors (Lipinski definition) is 0. The van der Waals surface area contributed by atoms with Crippen molar-refractivity contribution in [3.63, 3.8) is 0 Å². The number of fused-ring (bicyclic) bond motifs is 6. The molecule has 9 aromatic rings. The van der Waals surface area contributed by atoms with Gasteiger partial charge < -0.3 is 9.32 Å². The van der Waals surface area contributed by atoms with Gasteiger partial charge in [-0.3, -0.25) is 0 Å². The van der Waals surface area contributed by atoms with E-state index in [0.717, 1.165) is 73.8 Å². The SMILES string of the molecule is c1ccc(-c2ccc(N(c3ccc(-c4ccc5c(c4)-c4ccccc4C54C5CC6CC(C5)CC4C6)cc3)c3ccc(-c4cccc5c4oc4ccccc45)cc3)cc2)cc1. The number of para-hydroxylation sites is 2. The van der Waals surface area contributed by atoms with Crippen LogP contribution in [0.15, 0.2) is 192 Å². The number of rotatable bonds is 6. The fourth-order valence-corrected chi connectivity index (χ4v) is 12.8. The summed E-state index contributed by atoms with van der Waals surface area (Å²) in [4.78, 5) is 2.37. The maximum atomic E-state index is 6.43. The smallest absolute Gasteiger partial charge is 0.143 e. The molecule has 288 valence electrons. The molecule has 5 aliphatic rings. The minimum absolute atomic E-state index is 0.201. The van der Waals surface area contributed by atoms with Crippen LogP contribution in [0, 0.1) is 23.7 Å². The van der Waals surface area contributed by atoms with E-state index < -0.39 is 0 Å². The number of furan rings is 1. The van der Waals surface area contributed by atoms with Crippen LogP contribution in [0.2, 0.25) is 0 Å². The summed E-state index contributed by atoms with van der Waals surface area (Å²) in [5.41, 5.74) is 18.8. The minimum atomic E-state index is 0.201. The Morgan fingerprint density at radius 2 is 0.900 bits per heavy atom. The zero-order valence-electron chi connectivity index (χ0n) is 33.6. The summed E-state index contributed by atoms with van der Waals surface area (Å²) in [6, 6.07) is 69.5. The molecule has 4 bridgehead atoms. The van der Waals surface area contributed by atoms with Gasteiger partial charge in [-0.1, -0.05) is 140 Å². The van der Waals surface area contributed by atoms with Gasteiger partial charge in [0.2, 0.25) is 0 Å². The van der Waals surface area contributed by atoms with E-state index in [0.29, 0.717) is 0 Å². The molecule has 0 unspecified atom stereocenters. The minimum Gasteiger partial charge on any atom is -0.455 e. The van der Waals surface area contributed by atoms with E-state index in [1.54, 1.807) is 11.1 Å². The van der Waals surface area contributed by atoms with E-state index in [1.807, 2.05) is 6.07 Å². The lowest BCUT2D eigenvalue weighted by molar-refractivity contribution is -0.0399. The van der Waals surface area contributed by atoms with Crippen LogP contribution in [0.4, 0.5) is 17.1 Å². The second-order valence-corrected chi connectivity index (χ2v) is 18.1. The molecular weight excluding hydrogens is 727 g/mol. The number of benzene rings is 8. The molecule has 1 spiro atoms. The van der Waals surface area contributed by atoms with Gasteiger partial charge in [0.25, 0.3) is 0 Å². The molecule has 4 fully saturated rings. The van der Waals surface area contributed by atoms with Gasteiger partial charge in [-0.2, -0.15) is 0 Å². The average molecular weight is 772 g/mol. The summed E-state index contributed by atoms with van der Waals surface area (Å²) in [6.45, 7) is 0. The summed E-state index contributed by atoms with van der Waals surface area (Å²) in [5, 5.41) is 2.29. The number of nitrogens with zero attached hydrogens (tertiary/aromatic N) is 1. The van der Waals surface area contributed by atoms with E-state index in [1.165, 1.54) is 65.5 Å². The molecule has 0 aliphatic heterocycles. The van der Waals surface area contributed by atoms with Crippen LogP contribution in [-0.4, -0.2) is 0 Å². The second kappa shape index (κ2) is 13.2. The lowest BCUT2D eigenvalue weighted by atomic mass is 9.43. The highest BCUT2D eigenvalue weighted by molar-refractivity contribution is 6.09. The van der Waals surface area contributed by atoms with Crippen molar-refractivity contribution >= 4 is 39.0 Å². The molecule has 2 nitrogen and oxygen atoms in total. The average Bonchev–Trinajstić information content (AvgIpc) is 3.83. The monoisotopic (exact) mass is 771 g/mol. The zero-order valence-corrected chi connectivity index (χ0v) is 33.6. The molecule has 0 saturated heterocycles. The van der Waals surface area contributed by atoms with Crippen LogP contribution in [0.5, 0.6) is 0 Å². The molecule has 0 atom stereocenters. The first-order valence-electron chi connectivity index (χ1n) is 22.0. The standard InChI is InChI=1S/C58H45NO/c1-2-9-39(10-3-1)40-17-24-46(25-18-40)59(48-28-21-42(22-29-48)49-13-8-14-52-51-12-5-7-16-56(51)60-57(49)52)47-26-19-41(20-27-47)43-23-30-55-53(36-43)50-11-4-6-15-54(50)58(55)44-32-37-31-38(34-44)35-45(58)33-37/h1-30,36-38,44-45H,31-35H2. The van der Waals surface area contributed by atoms with E-state index in [4.69, 9.17) is 4.42 Å². The molecule has 1 heterocycles. The largest absolute Gasteiger partial charge is 0.455 e. The fraction of sp³-hybridized carbons (Fsp3) is 0.172. The molecule has 1 aromatic heterocycles. The van der Waals surface area contributed by atoms with Gasteiger partial charge in [0.1, 0.15) is 11.2 Å². The number of anilines is 3. The summed E-state index contributed by atoms with van der Waals surface area (Å²) in [5.74, 6) is 3.46. The summed E-state index contributed by atoms with van der Waals surface area (Å²) in [6.07, 6.45) is 7.13. The molecule has 14 rings (SSSR count). The third kappa shape index (κ3) is 5.07. The quantitative estimate of drug-likeness (QED) is 0.167. The van der Waals surface area contributed by atoms with Gasteiger partial charge in [-0.05, 0) is 154 Å². The molecule has 4 saturated carbocycles. The van der Waals surface area contributed by atoms with Gasteiger partial charge in [0.15, 0.2) is 0 Å². The Hall–Kier alpha value is -6.64. The van der Waals surface area contributed by atoms with Crippen molar-refractivity contribution in [1.82, 2.24) is 0 Å². The lowest BCUT2D eigenvalue weighted by Gasteiger charge is -2.61. The topological polar surface area (TPSA) is 16.4 Å². The van der Waals surface area contributed by atoms with Crippen molar-refractivity contribution in [2.24, 2.45) is 23.7 Å². The molecule has 5 aliphatic carbocycles. The van der Waals surface area contributed by atoms with Crippen LogP contribution >= 0.6 is 0 Å². The fourth-order valence-electron chi connectivity index (χ4n) is 12.8. The van der Waals surface area contributed by atoms with Crippen LogP contribution in [-0.2, 0) is 5.41 Å². The Morgan fingerprint density at radius 1 is 0.383 bits per heavy atom. The van der Waals surface area contributed by atoms with Crippen molar-refractivity contribution in [2.75, 3.05) is 4.90 Å². The van der Waals surface area contributed by atoms with Crippen molar-refractivity contribution in [2.45, 2.75) is 37.5 Å². The van der Waals surface area contributed by atoms with E-state index >= 15 is 0 Å². The summed E-state index contributed by atoms with van der Waals surface area (Å²) >= 11 is 0. The van der Waals surface area contributed by atoms with E-state index in [-0.39, 0.29) is 5.41 Å². The highest BCUT2D eigenvalue weighted by Gasteiger charge is 2.61. The first kappa shape index (κ1) is 34.2. The molecule has 2 heteroatoms. The van der Waals surface area contributed by atoms with Crippen LogP contribution in [0.3, 0.4) is 0 Å². The predicted octanol–water partition coefficient (Wildman–Crippen LogP) is 15.8. The Morgan fingerprint density at radius 3 is 1.60 bits per heavy atom. The second-order valence-electron chi connectivity index (χ2n) is 18.1. The van der Waals surface area contributed by atoms with Crippen molar-refractivity contribution < 1.29 is 4.42 Å². The molecule has 0 N–H and O–H groups in total. The van der Waals surface area contributed by atoms with Gasteiger partial charge in [0.05, 0.1) is 0 Å². The Labute approximate surface area is 351 Å². The molecule has 0 radical (unpaired) electrons. The van der Waals surface area contributed by atoms with Crippen LogP contribution in [0.25, 0.3) is 66.4 Å². The third-order valence-corrected chi connectivity index (χ3v) is 15.1. The predicted molar refractivity (Wildman–Crippen MR) is 248 cm³/mol. The normalized spacial score (nSPS) is 22.1. The van der Waals surface area contributed by atoms with Gasteiger partial charge in [-0.15, -0.1) is 0 Å². The van der Waals surface area contributed by atoms with Gasteiger partial charge in [0, 0.05) is 38.8 Å². The molecular formula is C58H45NO. The summed E-state index contributed by atoms with van der Waals surface area (Å²) < 4.78 is 6.43. The van der Waals surface area contributed by atoms with E-state index in [9.17, 15) is 0 Å². The maximum absolute atomic E-state index is 6.43. The first-order chi connectivity index (χ1) is 29.7. The molecule has 60 heavy (non-hydrogen) atoms. The molecule has 8 aromatic carbocycles. The highest BCUT2D eigenvalue weighted by Crippen LogP contribution is 2.69. The van der Waals surface area contributed by atoms with Crippen LogP contribution in [0.1, 0.15) is 43.2 Å². The summed E-state index contributed by atoms with van der Waals surface area (Å²) in [7, 11) is 0. The Kier molecular flexibility index (Phi) is 7.52. The lowest BCUT2D eigenvalue weighted by Crippen LogP contribution is -2.55. The van der Waals surface area contributed by atoms with Crippen LogP contribution < -0.4 is 4.90 Å². The van der Waals surface area contributed by atoms with E-state index in [2.05, 4.69) is 187 Å². The zero-order chi connectivity index (χ0) is 39.4. The maximum Gasteiger partial charge on any atom is 0.143 e.